The van der Waals surface area contributed by atoms with E-state index in [2.05, 4.69) is 5.32 Å². The SMILES string of the molecule is CC(=O)NC(C)CCC(=O)O. The lowest BCUT2D eigenvalue weighted by molar-refractivity contribution is -0.137. The van der Waals surface area contributed by atoms with Gasteiger partial charge in [-0.2, -0.15) is 0 Å². The predicted octanol–water partition coefficient (Wildman–Crippen LogP) is 0.376. The summed E-state index contributed by atoms with van der Waals surface area (Å²) in [4.78, 5) is 20.5. The number of carboxylic acids is 1. The molecular weight excluding hydrogens is 146 g/mol. The summed E-state index contributed by atoms with van der Waals surface area (Å²) >= 11 is 0. The second kappa shape index (κ2) is 4.71. The van der Waals surface area contributed by atoms with Gasteiger partial charge in [-0.3, -0.25) is 9.59 Å². The Kier molecular flexibility index (Phi) is 4.26. The molecule has 0 bridgehead atoms. The van der Waals surface area contributed by atoms with Crippen LogP contribution in [-0.2, 0) is 9.59 Å². The van der Waals surface area contributed by atoms with E-state index in [-0.39, 0.29) is 18.4 Å². The van der Waals surface area contributed by atoms with Crippen LogP contribution in [0.5, 0.6) is 0 Å². The molecule has 1 unspecified atom stereocenters. The fourth-order valence-electron chi connectivity index (χ4n) is 0.759. The minimum Gasteiger partial charge on any atom is -0.481 e. The largest absolute Gasteiger partial charge is 0.481 e. The second-order valence-electron chi connectivity index (χ2n) is 2.53. The molecule has 0 aromatic rings. The van der Waals surface area contributed by atoms with Crippen molar-refractivity contribution in [2.24, 2.45) is 0 Å². The molecule has 2 N–H and O–H groups in total. The van der Waals surface area contributed by atoms with E-state index in [1.54, 1.807) is 6.92 Å². The molecule has 4 heteroatoms. The summed E-state index contributed by atoms with van der Waals surface area (Å²) in [6.07, 6.45) is 0.580. The third-order valence-corrected chi connectivity index (χ3v) is 1.24. The first kappa shape index (κ1) is 9.94. The highest BCUT2D eigenvalue weighted by Gasteiger charge is 2.05. The zero-order valence-electron chi connectivity index (χ0n) is 6.76. The summed E-state index contributed by atoms with van der Waals surface area (Å²) in [5.74, 6) is -0.954. The smallest absolute Gasteiger partial charge is 0.303 e. The third kappa shape index (κ3) is 6.83. The zero-order valence-corrected chi connectivity index (χ0v) is 6.76. The maximum Gasteiger partial charge on any atom is 0.303 e. The number of carbonyl (C=O) groups is 2. The molecule has 4 nitrogen and oxygen atoms in total. The van der Waals surface area contributed by atoms with Gasteiger partial charge in [0.15, 0.2) is 0 Å². The number of rotatable bonds is 4. The Labute approximate surface area is 65.6 Å². The molecule has 0 radical (unpaired) electrons. The highest BCUT2D eigenvalue weighted by Crippen LogP contribution is 1.95. The van der Waals surface area contributed by atoms with Gasteiger partial charge in [0.2, 0.25) is 5.91 Å². The van der Waals surface area contributed by atoms with Gasteiger partial charge >= 0.3 is 5.97 Å². The molecule has 0 aliphatic rings. The quantitative estimate of drug-likeness (QED) is 0.623. The molecule has 1 atom stereocenters. The van der Waals surface area contributed by atoms with Crippen molar-refractivity contribution in [2.45, 2.75) is 32.7 Å². The van der Waals surface area contributed by atoms with Gasteiger partial charge in [-0.1, -0.05) is 0 Å². The fraction of sp³-hybridized carbons (Fsp3) is 0.714. The van der Waals surface area contributed by atoms with Crippen molar-refractivity contribution in [2.75, 3.05) is 0 Å². The van der Waals surface area contributed by atoms with Gasteiger partial charge in [0.1, 0.15) is 0 Å². The first-order valence-corrected chi connectivity index (χ1v) is 3.51. The van der Waals surface area contributed by atoms with Crippen LogP contribution in [0.2, 0.25) is 0 Å². The van der Waals surface area contributed by atoms with Gasteiger partial charge in [0.05, 0.1) is 0 Å². The highest BCUT2D eigenvalue weighted by molar-refractivity contribution is 5.73. The van der Waals surface area contributed by atoms with Crippen molar-refractivity contribution in [3.63, 3.8) is 0 Å². The number of nitrogens with one attached hydrogen (secondary N) is 1. The summed E-state index contributed by atoms with van der Waals surface area (Å²) in [6, 6.07) is -0.0522. The molecular formula is C7H13NO3. The average Bonchev–Trinajstić information content (AvgIpc) is 1.82. The molecule has 64 valence electrons. The summed E-state index contributed by atoms with van der Waals surface area (Å²) in [7, 11) is 0. The van der Waals surface area contributed by atoms with Crippen molar-refractivity contribution >= 4 is 11.9 Å². The summed E-state index contributed by atoms with van der Waals surface area (Å²) in [5.41, 5.74) is 0. The second-order valence-corrected chi connectivity index (χ2v) is 2.53. The molecule has 0 aromatic heterocycles. The van der Waals surface area contributed by atoms with Crippen molar-refractivity contribution in [3.05, 3.63) is 0 Å². The van der Waals surface area contributed by atoms with Crippen LogP contribution in [0.3, 0.4) is 0 Å². The van der Waals surface area contributed by atoms with Gasteiger partial charge in [-0.15, -0.1) is 0 Å². The van der Waals surface area contributed by atoms with E-state index in [9.17, 15) is 9.59 Å². The Morgan fingerprint density at radius 2 is 2.09 bits per heavy atom. The van der Waals surface area contributed by atoms with E-state index >= 15 is 0 Å². The average molecular weight is 159 g/mol. The fourth-order valence-corrected chi connectivity index (χ4v) is 0.759. The summed E-state index contributed by atoms with van der Waals surface area (Å²) in [5, 5.41) is 10.9. The van der Waals surface area contributed by atoms with Gasteiger partial charge < -0.3 is 10.4 Å². The number of hydrogen-bond donors (Lipinski definition) is 2. The minimum absolute atomic E-state index is 0.0522. The topological polar surface area (TPSA) is 66.4 Å². The van der Waals surface area contributed by atoms with Crippen LogP contribution < -0.4 is 5.32 Å². The van der Waals surface area contributed by atoms with E-state index in [1.807, 2.05) is 0 Å². The van der Waals surface area contributed by atoms with Crippen LogP contribution in [0, 0.1) is 0 Å². The van der Waals surface area contributed by atoms with Crippen LogP contribution >= 0.6 is 0 Å². The van der Waals surface area contributed by atoms with E-state index < -0.39 is 5.97 Å². The van der Waals surface area contributed by atoms with E-state index in [0.717, 1.165) is 0 Å². The molecule has 1 amide bonds. The Hall–Kier alpha value is -1.06. The Bertz CT molecular complexity index is 156. The van der Waals surface area contributed by atoms with Crippen molar-refractivity contribution in [1.29, 1.82) is 0 Å². The Balaban J connectivity index is 3.44. The first-order chi connectivity index (χ1) is 5.02. The predicted molar refractivity (Wildman–Crippen MR) is 40.1 cm³/mol. The van der Waals surface area contributed by atoms with Gasteiger partial charge in [0, 0.05) is 19.4 Å². The Morgan fingerprint density at radius 1 is 1.55 bits per heavy atom. The van der Waals surface area contributed by atoms with Crippen LogP contribution in [0.25, 0.3) is 0 Å². The van der Waals surface area contributed by atoms with E-state index in [4.69, 9.17) is 5.11 Å². The van der Waals surface area contributed by atoms with E-state index in [1.165, 1.54) is 6.92 Å². The number of amides is 1. The first-order valence-electron chi connectivity index (χ1n) is 3.51. The van der Waals surface area contributed by atoms with Gasteiger partial charge in [-0.05, 0) is 13.3 Å². The molecule has 0 spiro atoms. The molecule has 11 heavy (non-hydrogen) atoms. The molecule has 0 fully saturated rings. The molecule has 0 aliphatic heterocycles. The lowest BCUT2D eigenvalue weighted by atomic mass is 10.2. The number of carboxylic acid groups (broad SMARTS) is 1. The van der Waals surface area contributed by atoms with Crippen LogP contribution in [-0.4, -0.2) is 23.0 Å². The van der Waals surface area contributed by atoms with Crippen molar-refractivity contribution < 1.29 is 14.7 Å². The van der Waals surface area contributed by atoms with E-state index in [0.29, 0.717) is 6.42 Å². The third-order valence-electron chi connectivity index (χ3n) is 1.24. The molecule has 0 saturated carbocycles. The zero-order chi connectivity index (χ0) is 8.85. The normalized spacial score (nSPS) is 12.2. The number of carbonyl (C=O) groups excluding carboxylic acids is 1. The van der Waals surface area contributed by atoms with Gasteiger partial charge in [0.25, 0.3) is 0 Å². The molecule has 0 aromatic carbocycles. The monoisotopic (exact) mass is 159 g/mol. The van der Waals surface area contributed by atoms with Crippen molar-refractivity contribution in [1.82, 2.24) is 5.32 Å². The van der Waals surface area contributed by atoms with Crippen LogP contribution in [0.1, 0.15) is 26.7 Å². The van der Waals surface area contributed by atoms with Crippen LogP contribution in [0.4, 0.5) is 0 Å². The lowest BCUT2D eigenvalue weighted by Gasteiger charge is -2.09. The Morgan fingerprint density at radius 3 is 2.45 bits per heavy atom. The summed E-state index contributed by atoms with van der Waals surface area (Å²) < 4.78 is 0. The summed E-state index contributed by atoms with van der Waals surface area (Å²) in [6.45, 7) is 3.20. The lowest BCUT2D eigenvalue weighted by Crippen LogP contribution is -2.30. The molecule has 0 rings (SSSR count). The molecule has 0 saturated heterocycles. The number of aliphatic carboxylic acids is 1. The maximum absolute atomic E-state index is 10.4. The number of hydrogen-bond acceptors (Lipinski definition) is 2. The van der Waals surface area contributed by atoms with Gasteiger partial charge in [-0.25, -0.2) is 0 Å². The minimum atomic E-state index is -0.831. The maximum atomic E-state index is 10.4. The van der Waals surface area contributed by atoms with Crippen molar-refractivity contribution in [3.8, 4) is 0 Å². The standard InChI is InChI=1S/C7H13NO3/c1-5(8-6(2)9)3-4-7(10)11/h5H,3-4H2,1-2H3,(H,8,9)(H,10,11). The molecule has 0 aliphatic carbocycles. The van der Waals surface area contributed by atoms with Crippen LogP contribution in [0.15, 0.2) is 0 Å². The molecule has 0 heterocycles. The highest BCUT2D eigenvalue weighted by atomic mass is 16.4.